The largest absolute Gasteiger partial charge is 0.488 e. The minimum absolute atomic E-state index is 0.0358. The van der Waals surface area contributed by atoms with Gasteiger partial charge in [-0.3, -0.25) is 14.7 Å². The van der Waals surface area contributed by atoms with Crippen LogP contribution in [0.5, 0.6) is 0 Å². The van der Waals surface area contributed by atoms with E-state index in [4.69, 9.17) is 17.0 Å². The molecule has 0 fully saturated rings. The molecule has 0 spiro atoms. The van der Waals surface area contributed by atoms with Crippen LogP contribution in [0.2, 0.25) is 0 Å². The van der Waals surface area contributed by atoms with Crippen molar-refractivity contribution in [3.63, 3.8) is 0 Å². The summed E-state index contributed by atoms with van der Waals surface area (Å²) < 4.78 is 8.51. The van der Waals surface area contributed by atoms with Gasteiger partial charge in [-0.1, -0.05) is 31.3 Å². The van der Waals surface area contributed by atoms with Crippen molar-refractivity contribution in [2.75, 3.05) is 13.6 Å². The third-order valence-electron chi connectivity index (χ3n) is 4.01. The molecule has 2 aliphatic rings. The van der Waals surface area contributed by atoms with Gasteiger partial charge in [0.15, 0.2) is 0 Å². The quantitative estimate of drug-likeness (QED) is 0.744. The fraction of sp³-hybridized carbons (Fsp3) is 0.300. The number of aromatic nitrogens is 2. The zero-order chi connectivity index (χ0) is 19.1. The van der Waals surface area contributed by atoms with Gasteiger partial charge in [0.05, 0.1) is 17.3 Å². The molecular weight excluding hydrogens is 358 g/mol. The van der Waals surface area contributed by atoms with Crippen LogP contribution in [0.3, 0.4) is 0 Å². The molecular formula is C20H23N5OS. The average Bonchev–Trinajstić information content (AvgIpc) is 2.67. The lowest BCUT2D eigenvalue weighted by Crippen LogP contribution is -2.19. The molecule has 0 aromatic carbocycles. The number of aliphatic imine (C=N–C) groups is 1. The zero-order valence-corrected chi connectivity index (χ0v) is 16.3. The van der Waals surface area contributed by atoms with Crippen molar-refractivity contribution >= 4 is 24.6 Å². The summed E-state index contributed by atoms with van der Waals surface area (Å²) in [4.78, 5) is 4.27. The van der Waals surface area contributed by atoms with Crippen molar-refractivity contribution < 1.29 is 4.74 Å². The van der Waals surface area contributed by atoms with Crippen LogP contribution in [0.1, 0.15) is 18.7 Å². The Hall–Kier alpha value is -2.80. The number of allylic oxidation sites excluding steroid dienone is 5. The minimum atomic E-state index is -0.0358. The summed E-state index contributed by atoms with van der Waals surface area (Å²) in [5.74, 6) is 1.03. The lowest BCUT2D eigenvalue weighted by molar-refractivity contribution is 0.202. The highest BCUT2D eigenvalue weighted by Gasteiger charge is 2.10. The SMILES string of the molecule is CC1/C=C\C=NC/C=C\C(OCc2nn(C3C=CN(C)N=C3)ccc2=S)=C/1. The highest BCUT2D eigenvalue weighted by Crippen LogP contribution is 2.14. The summed E-state index contributed by atoms with van der Waals surface area (Å²) in [6, 6.07) is 1.84. The highest BCUT2D eigenvalue weighted by molar-refractivity contribution is 7.71. The number of hydrogen-bond donors (Lipinski definition) is 0. The van der Waals surface area contributed by atoms with E-state index in [9.17, 15) is 0 Å². The van der Waals surface area contributed by atoms with Crippen LogP contribution < -0.4 is 0 Å². The lowest BCUT2D eigenvalue weighted by atomic mass is 10.1. The Kier molecular flexibility index (Phi) is 6.49. The fourth-order valence-electron chi connectivity index (χ4n) is 2.55. The van der Waals surface area contributed by atoms with Gasteiger partial charge in [-0.15, -0.1) is 0 Å². The van der Waals surface area contributed by atoms with Crippen LogP contribution in [0, 0.1) is 10.4 Å². The molecule has 2 unspecified atom stereocenters. The third kappa shape index (κ3) is 5.59. The van der Waals surface area contributed by atoms with E-state index in [1.807, 2.05) is 66.9 Å². The number of rotatable bonds is 4. The predicted molar refractivity (Wildman–Crippen MR) is 111 cm³/mol. The summed E-state index contributed by atoms with van der Waals surface area (Å²) in [7, 11) is 1.88. The van der Waals surface area contributed by atoms with Crippen molar-refractivity contribution in [2.24, 2.45) is 16.0 Å². The van der Waals surface area contributed by atoms with Crippen molar-refractivity contribution in [3.05, 3.63) is 70.9 Å². The van der Waals surface area contributed by atoms with E-state index < -0.39 is 0 Å². The van der Waals surface area contributed by atoms with Crippen molar-refractivity contribution in [2.45, 2.75) is 19.6 Å². The van der Waals surface area contributed by atoms with E-state index in [2.05, 4.69) is 34.3 Å². The number of ether oxygens (including phenoxy) is 1. The van der Waals surface area contributed by atoms with Gasteiger partial charge in [0.25, 0.3) is 0 Å². The normalized spacial score (nSPS) is 26.3. The molecule has 6 nitrogen and oxygen atoms in total. The van der Waals surface area contributed by atoms with Gasteiger partial charge in [-0.05, 0) is 36.3 Å². The van der Waals surface area contributed by atoms with Crippen molar-refractivity contribution in [1.82, 2.24) is 14.8 Å². The van der Waals surface area contributed by atoms with Crippen LogP contribution in [0.15, 0.2) is 70.8 Å². The first kappa shape index (κ1) is 19.0. The monoisotopic (exact) mass is 381 g/mol. The van der Waals surface area contributed by atoms with E-state index in [1.165, 1.54) is 0 Å². The van der Waals surface area contributed by atoms with E-state index >= 15 is 0 Å². The fourth-order valence-corrected chi connectivity index (χ4v) is 2.71. The molecule has 0 amide bonds. The molecule has 7 heteroatoms. The van der Waals surface area contributed by atoms with Crippen LogP contribution >= 0.6 is 12.2 Å². The first-order chi connectivity index (χ1) is 13.1. The maximum Gasteiger partial charge on any atom is 0.133 e. The van der Waals surface area contributed by atoms with Gasteiger partial charge in [-0.25, -0.2) is 0 Å². The Morgan fingerprint density at radius 2 is 2.22 bits per heavy atom. The second-order valence-corrected chi connectivity index (χ2v) is 6.74. The van der Waals surface area contributed by atoms with Crippen LogP contribution in [0.4, 0.5) is 0 Å². The molecule has 0 saturated heterocycles. The summed E-state index contributed by atoms with van der Waals surface area (Å²) in [5.41, 5.74) is 0.723. The summed E-state index contributed by atoms with van der Waals surface area (Å²) in [5, 5.41) is 10.7. The molecule has 3 rings (SSSR count). The second-order valence-electron chi connectivity index (χ2n) is 6.30. The van der Waals surface area contributed by atoms with Gasteiger partial charge in [0.2, 0.25) is 0 Å². The summed E-state index contributed by atoms with van der Waals surface area (Å²) in [6.07, 6.45) is 19.5. The summed E-state index contributed by atoms with van der Waals surface area (Å²) >= 11 is 5.43. The maximum absolute atomic E-state index is 6.00. The molecule has 0 aliphatic carbocycles. The Balaban J connectivity index is 1.74. The Morgan fingerprint density at radius 1 is 1.33 bits per heavy atom. The Labute approximate surface area is 164 Å². The molecule has 2 atom stereocenters. The summed E-state index contributed by atoms with van der Waals surface area (Å²) in [6.45, 7) is 3.03. The van der Waals surface area contributed by atoms with Gasteiger partial charge >= 0.3 is 0 Å². The van der Waals surface area contributed by atoms with Crippen LogP contribution in [-0.2, 0) is 11.3 Å². The molecule has 2 aliphatic heterocycles. The van der Waals surface area contributed by atoms with Crippen LogP contribution in [-0.4, -0.2) is 40.8 Å². The van der Waals surface area contributed by atoms with E-state index in [1.54, 1.807) is 5.01 Å². The Bertz CT molecular complexity index is 880. The van der Waals surface area contributed by atoms with Gasteiger partial charge in [-0.2, -0.15) is 10.2 Å². The highest BCUT2D eigenvalue weighted by atomic mass is 32.1. The molecule has 27 heavy (non-hydrogen) atoms. The Morgan fingerprint density at radius 3 is 3.04 bits per heavy atom. The van der Waals surface area contributed by atoms with Crippen molar-refractivity contribution in [3.8, 4) is 0 Å². The molecule has 140 valence electrons. The first-order valence-corrected chi connectivity index (χ1v) is 9.24. The average molecular weight is 382 g/mol. The van der Waals surface area contributed by atoms with E-state index in [-0.39, 0.29) is 12.0 Å². The number of nitrogens with zero attached hydrogens (tertiary/aromatic N) is 5. The molecule has 3 heterocycles. The van der Waals surface area contributed by atoms with E-state index in [0.29, 0.717) is 17.7 Å². The maximum atomic E-state index is 6.00. The molecule has 0 radical (unpaired) electrons. The molecule has 0 N–H and O–H groups in total. The minimum Gasteiger partial charge on any atom is -0.488 e. The molecule has 1 aromatic rings. The molecule has 0 saturated carbocycles. The zero-order valence-electron chi connectivity index (χ0n) is 15.5. The van der Waals surface area contributed by atoms with Gasteiger partial charge < -0.3 is 4.74 Å². The number of hydrazone groups is 1. The topological polar surface area (TPSA) is 55.0 Å². The van der Waals surface area contributed by atoms with Gasteiger partial charge in [0, 0.05) is 25.7 Å². The second kappa shape index (κ2) is 9.23. The van der Waals surface area contributed by atoms with Gasteiger partial charge in [0.1, 0.15) is 24.1 Å². The standard InChI is InChI=1S/C20H23N5OS/c1-16-5-3-9-21-10-4-6-18(13-16)26-15-19-20(27)8-12-25(23-19)17-7-11-24(2)22-14-17/h3-9,11-14,16-17H,10,15H2,1-2H3/b5-3-,6-4-,18-13+,21-9?. The predicted octanol–water partition coefficient (Wildman–Crippen LogP) is 3.83. The van der Waals surface area contributed by atoms with Crippen LogP contribution in [0.25, 0.3) is 0 Å². The van der Waals surface area contributed by atoms with Crippen molar-refractivity contribution in [1.29, 1.82) is 0 Å². The number of hydrogen-bond acceptors (Lipinski definition) is 6. The van der Waals surface area contributed by atoms with E-state index in [0.717, 1.165) is 11.5 Å². The molecule has 0 bridgehead atoms. The lowest BCUT2D eigenvalue weighted by Gasteiger charge is -2.18. The molecule has 1 aromatic heterocycles. The first-order valence-electron chi connectivity index (χ1n) is 8.83. The third-order valence-corrected chi connectivity index (χ3v) is 4.38. The smallest absolute Gasteiger partial charge is 0.133 e.